The molecule has 2 N–H and O–H groups in total. The molecule has 0 aromatic heterocycles. The first-order chi connectivity index (χ1) is 11.4. The summed E-state index contributed by atoms with van der Waals surface area (Å²) in [7, 11) is 0. The number of anilines is 1. The second-order valence-electron chi connectivity index (χ2n) is 6.99. The minimum atomic E-state index is -0.813. The number of piperidine rings is 1. The van der Waals surface area contributed by atoms with E-state index in [1.807, 2.05) is 0 Å². The molecule has 0 saturated carbocycles. The number of aryl methyl sites for hydroxylation is 2. The third kappa shape index (κ3) is 3.75. The molecule has 24 heavy (non-hydrogen) atoms. The lowest BCUT2D eigenvalue weighted by Gasteiger charge is -2.38. The molecule has 1 saturated heterocycles. The lowest BCUT2D eigenvalue weighted by atomic mass is 9.88. The molecular formula is C20H24F2N2. The zero-order chi connectivity index (χ0) is 17.3. The summed E-state index contributed by atoms with van der Waals surface area (Å²) in [6, 6.07) is 10.7. The van der Waals surface area contributed by atoms with Gasteiger partial charge in [0.05, 0.1) is 0 Å². The third-order valence-corrected chi connectivity index (χ3v) is 4.93. The highest BCUT2D eigenvalue weighted by Crippen LogP contribution is 2.27. The predicted octanol–water partition coefficient (Wildman–Crippen LogP) is 3.98. The van der Waals surface area contributed by atoms with Crippen molar-refractivity contribution in [1.82, 2.24) is 0 Å². The van der Waals surface area contributed by atoms with E-state index in [1.54, 1.807) is 6.07 Å². The summed E-state index contributed by atoms with van der Waals surface area (Å²) in [5.41, 5.74) is 10.8. The van der Waals surface area contributed by atoms with E-state index in [2.05, 4.69) is 36.9 Å². The molecule has 2 unspecified atom stereocenters. The number of hydrogen-bond acceptors (Lipinski definition) is 2. The van der Waals surface area contributed by atoms with Gasteiger partial charge in [0.25, 0.3) is 0 Å². The second-order valence-corrected chi connectivity index (χ2v) is 6.99. The number of nitrogens with zero attached hydrogens (tertiary/aromatic N) is 1. The maximum absolute atomic E-state index is 13.5. The van der Waals surface area contributed by atoms with Crippen LogP contribution in [0.5, 0.6) is 0 Å². The molecule has 1 fully saturated rings. The minimum Gasteiger partial charge on any atom is -0.370 e. The van der Waals surface area contributed by atoms with Gasteiger partial charge in [-0.15, -0.1) is 0 Å². The fourth-order valence-corrected chi connectivity index (χ4v) is 3.55. The lowest BCUT2D eigenvalue weighted by molar-refractivity contribution is 0.374. The molecule has 0 bridgehead atoms. The molecule has 0 radical (unpaired) electrons. The van der Waals surface area contributed by atoms with Crippen LogP contribution in [0, 0.1) is 31.4 Å². The van der Waals surface area contributed by atoms with Crippen molar-refractivity contribution in [1.29, 1.82) is 0 Å². The van der Waals surface area contributed by atoms with Gasteiger partial charge in [-0.2, -0.15) is 0 Å². The van der Waals surface area contributed by atoms with Crippen LogP contribution in [0.1, 0.15) is 23.1 Å². The first-order valence-electron chi connectivity index (χ1n) is 8.44. The van der Waals surface area contributed by atoms with E-state index in [9.17, 15) is 8.78 Å². The Kier molecular flexibility index (Phi) is 4.86. The Hall–Kier alpha value is -1.94. The van der Waals surface area contributed by atoms with E-state index in [0.717, 1.165) is 19.4 Å². The molecule has 2 aromatic carbocycles. The average Bonchev–Trinajstić information content (AvgIpc) is 2.53. The number of benzene rings is 2. The quantitative estimate of drug-likeness (QED) is 0.922. The maximum atomic E-state index is 13.5. The van der Waals surface area contributed by atoms with Crippen molar-refractivity contribution in [2.24, 2.45) is 11.7 Å². The molecule has 0 amide bonds. The first kappa shape index (κ1) is 16.9. The van der Waals surface area contributed by atoms with Crippen molar-refractivity contribution in [3.8, 4) is 0 Å². The van der Waals surface area contributed by atoms with Crippen molar-refractivity contribution >= 4 is 5.69 Å². The Bertz CT molecular complexity index is 730. The highest BCUT2D eigenvalue weighted by molar-refractivity contribution is 5.47. The van der Waals surface area contributed by atoms with Gasteiger partial charge in [0.1, 0.15) is 0 Å². The van der Waals surface area contributed by atoms with Crippen LogP contribution in [0.2, 0.25) is 0 Å². The monoisotopic (exact) mass is 330 g/mol. The Balaban J connectivity index is 1.75. The van der Waals surface area contributed by atoms with Crippen LogP contribution in [0.3, 0.4) is 0 Å². The van der Waals surface area contributed by atoms with E-state index >= 15 is 0 Å². The van der Waals surface area contributed by atoms with E-state index < -0.39 is 11.6 Å². The van der Waals surface area contributed by atoms with Crippen LogP contribution in [0.4, 0.5) is 14.5 Å². The predicted molar refractivity (Wildman–Crippen MR) is 94.3 cm³/mol. The van der Waals surface area contributed by atoms with Gasteiger partial charge in [0, 0.05) is 30.9 Å². The van der Waals surface area contributed by atoms with Gasteiger partial charge in [-0.1, -0.05) is 18.2 Å². The van der Waals surface area contributed by atoms with Crippen molar-refractivity contribution in [3.05, 3.63) is 64.7 Å². The third-order valence-electron chi connectivity index (χ3n) is 4.93. The van der Waals surface area contributed by atoms with Gasteiger partial charge < -0.3 is 10.6 Å². The molecule has 2 nitrogen and oxygen atoms in total. The van der Waals surface area contributed by atoms with E-state index in [0.29, 0.717) is 18.2 Å². The molecule has 2 aromatic rings. The molecular weight excluding hydrogens is 306 g/mol. The summed E-state index contributed by atoms with van der Waals surface area (Å²) in [6.45, 7) is 5.72. The van der Waals surface area contributed by atoms with E-state index in [4.69, 9.17) is 5.73 Å². The standard InChI is InChI=1S/C20H24F2N2/c1-13-3-4-15(7-14(13)2)8-16-9-17(23)12-24(11-16)18-5-6-19(21)20(22)10-18/h3-7,10,16-17H,8-9,11-12,23H2,1-2H3. The summed E-state index contributed by atoms with van der Waals surface area (Å²) in [4.78, 5) is 2.07. The Morgan fingerprint density at radius 2 is 1.79 bits per heavy atom. The molecule has 3 rings (SSSR count). The molecule has 2 atom stereocenters. The molecule has 4 heteroatoms. The van der Waals surface area contributed by atoms with Crippen molar-refractivity contribution < 1.29 is 8.78 Å². The molecule has 0 spiro atoms. The fraction of sp³-hybridized carbons (Fsp3) is 0.400. The van der Waals surface area contributed by atoms with Crippen LogP contribution in [-0.4, -0.2) is 19.1 Å². The van der Waals surface area contributed by atoms with Crippen LogP contribution in [0.15, 0.2) is 36.4 Å². The normalized spacial score (nSPS) is 21.1. The lowest BCUT2D eigenvalue weighted by Crippen LogP contribution is -2.47. The Labute approximate surface area is 142 Å². The van der Waals surface area contributed by atoms with E-state index in [-0.39, 0.29) is 6.04 Å². The zero-order valence-corrected chi connectivity index (χ0v) is 14.2. The van der Waals surface area contributed by atoms with Crippen LogP contribution < -0.4 is 10.6 Å². The summed E-state index contributed by atoms with van der Waals surface area (Å²) < 4.78 is 26.7. The van der Waals surface area contributed by atoms with Crippen LogP contribution in [0.25, 0.3) is 0 Å². The van der Waals surface area contributed by atoms with Crippen molar-refractivity contribution in [2.45, 2.75) is 32.7 Å². The number of hydrogen-bond donors (Lipinski definition) is 1. The Morgan fingerprint density at radius 1 is 1.00 bits per heavy atom. The van der Waals surface area contributed by atoms with Crippen molar-refractivity contribution in [3.63, 3.8) is 0 Å². The van der Waals surface area contributed by atoms with Crippen LogP contribution in [-0.2, 0) is 6.42 Å². The topological polar surface area (TPSA) is 29.3 Å². The maximum Gasteiger partial charge on any atom is 0.160 e. The summed E-state index contributed by atoms with van der Waals surface area (Å²) in [5.74, 6) is -1.21. The van der Waals surface area contributed by atoms with E-state index in [1.165, 1.54) is 28.8 Å². The highest BCUT2D eigenvalue weighted by atomic mass is 19.2. The highest BCUT2D eigenvalue weighted by Gasteiger charge is 2.26. The van der Waals surface area contributed by atoms with Gasteiger partial charge in [-0.3, -0.25) is 0 Å². The first-order valence-corrected chi connectivity index (χ1v) is 8.44. The number of rotatable bonds is 3. The van der Waals surface area contributed by atoms with Gasteiger partial charge >= 0.3 is 0 Å². The molecule has 1 aliphatic heterocycles. The number of halogens is 2. The molecule has 128 valence electrons. The van der Waals surface area contributed by atoms with Crippen LogP contribution >= 0.6 is 0 Å². The molecule has 0 aliphatic carbocycles. The van der Waals surface area contributed by atoms with Gasteiger partial charge in [-0.25, -0.2) is 8.78 Å². The zero-order valence-electron chi connectivity index (χ0n) is 14.2. The Morgan fingerprint density at radius 3 is 2.50 bits per heavy atom. The largest absolute Gasteiger partial charge is 0.370 e. The summed E-state index contributed by atoms with van der Waals surface area (Å²) in [5, 5.41) is 0. The SMILES string of the molecule is Cc1ccc(CC2CC(N)CN(c3ccc(F)c(F)c3)C2)cc1C. The summed E-state index contributed by atoms with van der Waals surface area (Å²) in [6.07, 6.45) is 1.90. The minimum absolute atomic E-state index is 0.0448. The average molecular weight is 330 g/mol. The molecule has 1 heterocycles. The van der Waals surface area contributed by atoms with Gasteiger partial charge in [-0.05, 0) is 61.4 Å². The molecule has 1 aliphatic rings. The fourth-order valence-electron chi connectivity index (χ4n) is 3.55. The summed E-state index contributed by atoms with van der Waals surface area (Å²) >= 11 is 0. The van der Waals surface area contributed by atoms with Gasteiger partial charge in [0.2, 0.25) is 0 Å². The smallest absolute Gasteiger partial charge is 0.160 e. The van der Waals surface area contributed by atoms with Crippen molar-refractivity contribution in [2.75, 3.05) is 18.0 Å². The number of nitrogens with two attached hydrogens (primary N) is 1. The van der Waals surface area contributed by atoms with Gasteiger partial charge in [0.15, 0.2) is 11.6 Å². The second kappa shape index (κ2) is 6.89.